The maximum Gasteiger partial charge on any atom is 0.240 e. The van der Waals surface area contributed by atoms with Crippen LogP contribution in [0.25, 0.3) is 0 Å². The predicted molar refractivity (Wildman–Crippen MR) is 62.2 cm³/mol. The van der Waals surface area contributed by atoms with Crippen molar-refractivity contribution in [1.29, 1.82) is 5.26 Å². The molecule has 0 unspecified atom stereocenters. The van der Waals surface area contributed by atoms with Crippen molar-refractivity contribution in [2.24, 2.45) is 5.41 Å². The summed E-state index contributed by atoms with van der Waals surface area (Å²) in [6, 6.07) is 2.05. The van der Waals surface area contributed by atoms with E-state index < -0.39 is 5.41 Å². The van der Waals surface area contributed by atoms with E-state index in [1.807, 2.05) is 6.92 Å². The third-order valence-corrected chi connectivity index (χ3v) is 3.03. The molecule has 0 aliphatic heterocycles. The molecule has 1 amide bonds. The summed E-state index contributed by atoms with van der Waals surface area (Å²) in [6.45, 7) is 3.37. The highest BCUT2D eigenvalue weighted by molar-refractivity contribution is 5.86. The molecule has 96 valence electrons. The van der Waals surface area contributed by atoms with Gasteiger partial charge in [0.2, 0.25) is 5.91 Å². The topological polar surface area (TPSA) is 71.3 Å². The van der Waals surface area contributed by atoms with Crippen molar-refractivity contribution in [3.63, 3.8) is 0 Å². The van der Waals surface area contributed by atoms with E-state index in [0.29, 0.717) is 32.7 Å². The van der Waals surface area contributed by atoms with Crippen LogP contribution in [0.4, 0.5) is 0 Å². The van der Waals surface area contributed by atoms with Crippen LogP contribution in [-0.4, -0.2) is 38.9 Å². The average Bonchev–Trinajstić information content (AvgIpc) is 2.23. The number of methoxy groups -OCH3 is 1. The van der Waals surface area contributed by atoms with Crippen molar-refractivity contribution in [3.8, 4) is 6.07 Å². The number of hydrogen-bond donors (Lipinski definition) is 1. The van der Waals surface area contributed by atoms with Gasteiger partial charge in [-0.1, -0.05) is 0 Å². The first-order valence-electron chi connectivity index (χ1n) is 5.93. The lowest BCUT2D eigenvalue weighted by Crippen LogP contribution is -2.48. The van der Waals surface area contributed by atoms with Crippen LogP contribution in [0, 0.1) is 16.7 Å². The first-order valence-corrected chi connectivity index (χ1v) is 5.93. The van der Waals surface area contributed by atoms with E-state index in [0.717, 1.165) is 6.42 Å². The SMILES string of the molecule is COCCOC[C@H](C)NC(=O)C1(C#N)CCC1. The summed E-state index contributed by atoms with van der Waals surface area (Å²) in [5.74, 6) is -0.158. The fourth-order valence-electron chi connectivity index (χ4n) is 1.73. The van der Waals surface area contributed by atoms with E-state index in [2.05, 4.69) is 11.4 Å². The first-order chi connectivity index (χ1) is 8.14. The molecule has 5 nitrogen and oxygen atoms in total. The lowest BCUT2D eigenvalue weighted by molar-refractivity contribution is -0.132. The van der Waals surface area contributed by atoms with Crippen molar-refractivity contribution < 1.29 is 14.3 Å². The molecule has 5 heteroatoms. The van der Waals surface area contributed by atoms with Gasteiger partial charge in [-0.3, -0.25) is 4.79 Å². The predicted octanol–water partition coefficient (Wildman–Crippen LogP) is 0.848. The molecule has 1 aliphatic rings. The summed E-state index contributed by atoms with van der Waals surface area (Å²) in [5, 5.41) is 11.8. The maximum absolute atomic E-state index is 11.9. The largest absolute Gasteiger partial charge is 0.382 e. The van der Waals surface area contributed by atoms with E-state index in [-0.39, 0.29) is 11.9 Å². The van der Waals surface area contributed by atoms with Crippen LogP contribution in [0.3, 0.4) is 0 Å². The van der Waals surface area contributed by atoms with Crippen LogP contribution in [0.5, 0.6) is 0 Å². The Balaban J connectivity index is 2.24. The molecule has 0 aromatic rings. The minimum absolute atomic E-state index is 0.0785. The van der Waals surface area contributed by atoms with Crippen molar-refractivity contribution in [2.75, 3.05) is 26.9 Å². The molecule has 0 radical (unpaired) electrons. The van der Waals surface area contributed by atoms with Gasteiger partial charge in [0.05, 0.1) is 25.9 Å². The molecule has 0 saturated heterocycles. The Hall–Kier alpha value is -1.12. The molecule has 1 atom stereocenters. The number of nitrogens with zero attached hydrogens (tertiary/aromatic N) is 1. The van der Waals surface area contributed by atoms with Crippen LogP contribution in [0.1, 0.15) is 26.2 Å². The number of ether oxygens (including phenoxy) is 2. The van der Waals surface area contributed by atoms with E-state index in [9.17, 15) is 4.79 Å². The summed E-state index contributed by atoms with van der Waals surface area (Å²) in [6.07, 6.45) is 2.30. The molecule has 1 saturated carbocycles. The lowest BCUT2D eigenvalue weighted by Gasteiger charge is -2.34. The smallest absolute Gasteiger partial charge is 0.240 e. The minimum atomic E-state index is -0.777. The molecule has 1 fully saturated rings. The van der Waals surface area contributed by atoms with Crippen molar-refractivity contribution >= 4 is 5.91 Å². The molecule has 0 spiro atoms. The van der Waals surface area contributed by atoms with Gasteiger partial charge in [0.1, 0.15) is 5.41 Å². The number of nitriles is 1. The fourth-order valence-corrected chi connectivity index (χ4v) is 1.73. The molecular weight excluding hydrogens is 220 g/mol. The zero-order valence-corrected chi connectivity index (χ0v) is 10.5. The van der Waals surface area contributed by atoms with Crippen LogP contribution >= 0.6 is 0 Å². The van der Waals surface area contributed by atoms with E-state index in [1.54, 1.807) is 7.11 Å². The van der Waals surface area contributed by atoms with Gasteiger partial charge in [0, 0.05) is 13.2 Å². The zero-order chi connectivity index (χ0) is 12.7. The van der Waals surface area contributed by atoms with Gasteiger partial charge in [-0.2, -0.15) is 5.26 Å². The average molecular weight is 240 g/mol. The lowest BCUT2D eigenvalue weighted by atomic mass is 9.69. The Bertz CT molecular complexity index is 295. The molecule has 1 aliphatic carbocycles. The van der Waals surface area contributed by atoms with Crippen molar-refractivity contribution in [3.05, 3.63) is 0 Å². The number of rotatable bonds is 7. The number of amides is 1. The van der Waals surface area contributed by atoms with Gasteiger partial charge >= 0.3 is 0 Å². The molecule has 1 rings (SSSR count). The molecule has 0 bridgehead atoms. The Morgan fingerprint density at radius 1 is 1.53 bits per heavy atom. The highest BCUT2D eigenvalue weighted by Gasteiger charge is 2.44. The molecule has 0 aromatic carbocycles. The second-order valence-corrected chi connectivity index (χ2v) is 4.49. The molecule has 0 aromatic heterocycles. The van der Waals surface area contributed by atoms with Gasteiger partial charge in [-0.15, -0.1) is 0 Å². The van der Waals surface area contributed by atoms with E-state index in [1.165, 1.54) is 0 Å². The van der Waals surface area contributed by atoms with Gasteiger partial charge in [0.25, 0.3) is 0 Å². The normalized spacial score (nSPS) is 18.9. The Morgan fingerprint density at radius 2 is 2.24 bits per heavy atom. The van der Waals surface area contributed by atoms with Crippen molar-refractivity contribution in [2.45, 2.75) is 32.2 Å². The van der Waals surface area contributed by atoms with Crippen molar-refractivity contribution in [1.82, 2.24) is 5.32 Å². The second-order valence-electron chi connectivity index (χ2n) is 4.49. The van der Waals surface area contributed by atoms with Crippen LogP contribution < -0.4 is 5.32 Å². The van der Waals surface area contributed by atoms with E-state index >= 15 is 0 Å². The third-order valence-electron chi connectivity index (χ3n) is 3.03. The number of hydrogen-bond acceptors (Lipinski definition) is 4. The number of nitrogens with one attached hydrogen (secondary N) is 1. The highest BCUT2D eigenvalue weighted by Crippen LogP contribution is 2.40. The first kappa shape index (κ1) is 13.9. The zero-order valence-electron chi connectivity index (χ0n) is 10.5. The second kappa shape index (κ2) is 6.58. The maximum atomic E-state index is 11.9. The monoisotopic (exact) mass is 240 g/mol. The summed E-state index contributed by atoms with van der Waals surface area (Å²) in [7, 11) is 1.61. The molecule has 17 heavy (non-hydrogen) atoms. The summed E-state index contributed by atoms with van der Waals surface area (Å²) in [5.41, 5.74) is -0.777. The van der Waals surface area contributed by atoms with Crippen LogP contribution in [0.2, 0.25) is 0 Å². The Morgan fingerprint density at radius 3 is 2.71 bits per heavy atom. The highest BCUT2D eigenvalue weighted by atomic mass is 16.5. The van der Waals surface area contributed by atoms with Gasteiger partial charge in [-0.25, -0.2) is 0 Å². The summed E-state index contributed by atoms with van der Waals surface area (Å²) in [4.78, 5) is 11.9. The molecular formula is C12H20N2O3. The summed E-state index contributed by atoms with van der Waals surface area (Å²) < 4.78 is 10.2. The van der Waals surface area contributed by atoms with Crippen LogP contribution in [-0.2, 0) is 14.3 Å². The molecule has 0 heterocycles. The van der Waals surface area contributed by atoms with Gasteiger partial charge in [0.15, 0.2) is 0 Å². The summed E-state index contributed by atoms with van der Waals surface area (Å²) >= 11 is 0. The van der Waals surface area contributed by atoms with Gasteiger partial charge in [-0.05, 0) is 26.2 Å². The van der Waals surface area contributed by atoms with Gasteiger partial charge < -0.3 is 14.8 Å². The number of carbonyl (C=O) groups is 1. The third kappa shape index (κ3) is 3.69. The van der Waals surface area contributed by atoms with Crippen LogP contribution in [0.15, 0.2) is 0 Å². The fraction of sp³-hybridized carbons (Fsp3) is 0.833. The molecule has 1 N–H and O–H groups in total. The Labute approximate surface area is 102 Å². The van der Waals surface area contributed by atoms with E-state index in [4.69, 9.17) is 14.7 Å². The Kier molecular flexibility index (Phi) is 5.39. The quantitative estimate of drug-likeness (QED) is 0.670. The minimum Gasteiger partial charge on any atom is -0.382 e. The standard InChI is InChI=1S/C12H20N2O3/c1-10(8-17-7-6-16-2)14-11(15)12(9-13)4-3-5-12/h10H,3-8H2,1-2H3,(H,14,15)/t10-/m0/s1. The number of carbonyl (C=O) groups excluding carboxylic acids is 1.